The van der Waals surface area contributed by atoms with Gasteiger partial charge in [0.2, 0.25) is 18.4 Å². The van der Waals surface area contributed by atoms with E-state index in [4.69, 9.17) is 33.1 Å². The lowest BCUT2D eigenvalue weighted by molar-refractivity contribution is 0.0634. The smallest absolute Gasteiger partial charge is 0.231 e. The number of aromatic nitrogens is 1. The Morgan fingerprint density at radius 2 is 1.94 bits per heavy atom. The molecule has 0 radical (unpaired) electrons. The number of benzene rings is 2. The van der Waals surface area contributed by atoms with Crippen LogP contribution in [0.1, 0.15) is 11.5 Å². The minimum absolute atomic E-state index is 0.0512. The van der Waals surface area contributed by atoms with Gasteiger partial charge < -0.3 is 28.1 Å². The second kappa shape index (κ2) is 8.03. The number of fused-ring (bicyclic) bond motifs is 2. The molecule has 3 aromatic rings. The van der Waals surface area contributed by atoms with Crippen molar-refractivity contribution in [1.82, 2.24) is 9.88 Å². The van der Waals surface area contributed by atoms with E-state index in [2.05, 4.69) is 4.90 Å². The van der Waals surface area contributed by atoms with Crippen LogP contribution in [0.3, 0.4) is 0 Å². The van der Waals surface area contributed by atoms with E-state index in [0.717, 1.165) is 28.5 Å². The van der Waals surface area contributed by atoms with E-state index in [-0.39, 0.29) is 12.9 Å². The Hall–Kier alpha value is -3.39. The van der Waals surface area contributed by atoms with Crippen molar-refractivity contribution in [1.29, 1.82) is 0 Å². The summed E-state index contributed by atoms with van der Waals surface area (Å²) in [5, 5.41) is 0. The van der Waals surface area contributed by atoms with Crippen LogP contribution in [-0.4, -0.2) is 50.1 Å². The molecular weight excluding hydrogens is 400 g/mol. The summed E-state index contributed by atoms with van der Waals surface area (Å²) < 4.78 is 34.2. The summed E-state index contributed by atoms with van der Waals surface area (Å²) in [6.07, 6.45) is -0.0512. The zero-order valence-corrected chi connectivity index (χ0v) is 17.7. The van der Waals surface area contributed by atoms with Gasteiger partial charge in [-0.05, 0) is 38.2 Å². The molecule has 8 heteroatoms. The number of hydrogen-bond acceptors (Lipinski definition) is 8. The minimum Gasteiger partial charge on any atom is -0.493 e. The highest BCUT2D eigenvalue weighted by Crippen LogP contribution is 2.44. The molecule has 0 N–H and O–H groups in total. The number of oxazole rings is 1. The van der Waals surface area contributed by atoms with E-state index in [1.807, 2.05) is 50.4 Å². The highest BCUT2D eigenvalue weighted by Gasteiger charge is 2.25. The summed E-state index contributed by atoms with van der Waals surface area (Å²) in [4.78, 5) is 6.87. The number of likely N-dealkylation sites (N-methyl/N-ethyl adjacent to an activating group) is 1. The van der Waals surface area contributed by atoms with Crippen molar-refractivity contribution in [3.05, 3.63) is 47.9 Å². The van der Waals surface area contributed by atoms with Crippen LogP contribution in [0, 0.1) is 6.92 Å². The fraction of sp³-hybridized carbons (Fsp3) is 0.348. The molecule has 8 nitrogen and oxygen atoms in total. The number of aryl methyl sites for hydroxylation is 1. The molecule has 1 aromatic heterocycles. The average Bonchev–Trinajstić information content (AvgIpc) is 3.39. The predicted octanol–water partition coefficient (Wildman–Crippen LogP) is 3.66. The van der Waals surface area contributed by atoms with Gasteiger partial charge in [0.25, 0.3) is 0 Å². The summed E-state index contributed by atoms with van der Waals surface area (Å²) in [5.74, 6) is 4.67. The van der Waals surface area contributed by atoms with Gasteiger partial charge in [0, 0.05) is 18.7 Å². The fourth-order valence-electron chi connectivity index (χ4n) is 3.77. The summed E-state index contributed by atoms with van der Waals surface area (Å²) in [6, 6.07) is 11.4. The van der Waals surface area contributed by atoms with E-state index in [1.165, 1.54) is 0 Å². The molecule has 0 saturated carbocycles. The van der Waals surface area contributed by atoms with Gasteiger partial charge in [-0.3, -0.25) is 4.90 Å². The highest BCUT2D eigenvalue weighted by molar-refractivity contribution is 5.66. The summed E-state index contributed by atoms with van der Waals surface area (Å²) in [5.41, 5.74) is 1.64. The SMILES string of the molecule is COc1cc(-c2nc(CN(C)C[C@H]3COc4ccccc4O3)c(C)o2)cc2c1OCO2. The van der Waals surface area contributed by atoms with Crippen LogP contribution in [0.5, 0.6) is 28.7 Å². The third-order valence-electron chi connectivity index (χ3n) is 5.30. The second-order valence-electron chi connectivity index (χ2n) is 7.63. The van der Waals surface area contributed by atoms with Crippen LogP contribution in [0.15, 0.2) is 40.8 Å². The standard InChI is InChI=1S/C23H24N2O6/c1-14-17(11-25(2)10-16-12-27-18-6-4-5-7-19(18)31-16)24-23(30-14)15-8-20(26-3)22-21(9-15)28-13-29-22/h4-9,16H,10-13H2,1-3H3/t16-/m0/s1. The maximum absolute atomic E-state index is 6.06. The van der Waals surface area contributed by atoms with Gasteiger partial charge >= 0.3 is 0 Å². The highest BCUT2D eigenvalue weighted by atomic mass is 16.7. The maximum atomic E-state index is 6.06. The van der Waals surface area contributed by atoms with Crippen LogP contribution in [0.25, 0.3) is 11.5 Å². The molecule has 5 rings (SSSR count). The van der Waals surface area contributed by atoms with Crippen molar-refractivity contribution in [2.75, 3.05) is 34.1 Å². The van der Waals surface area contributed by atoms with Gasteiger partial charge in [0.1, 0.15) is 18.5 Å². The van der Waals surface area contributed by atoms with Gasteiger partial charge in [0.05, 0.1) is 12.8 Å². The van der Waals surface area contributed by atoms with Crippen LogP contribution in [0.4, 0.5) is 0 Å². The van der Waals surface area contributed by atoms with Crippen molar-refractivity contribution >= 4 is 0 Å². The van der Waals surface area contributed by atoms with Gasteiger partial charge in [-0.25, -0.2) is 4.98 Å². The minimum atomic E-state index is -0.0512. The first kappa shape index (κ1) is 19.6. The Labute approximate surface area is 180 Å². The zero-order valence-electron chi connectivity index (χ0n) is 17.7. The third-order valence-corrected chi connectivity index (χ3v) is 5.30. The lowest BCUT2D eigenvalue weighted by atomic mass is 10.2. The molecule has 2 aromatic carbocycles. The Morgan fingerprint density at radius 1 is 1.10 bits per heavy atom. The molecule has 162 valence electrons. The first-order valence-corrected chi connectivity index (χ1v) is 10.1. The van der Waals surface area contributed by atoms with Crippen molar-refractivity contribution in [2.24, 2.45) is 0 Å². The average molecular weight is 424 g/mol. The van der Waals surface area contributed by atoms with Gasteiger partial charge in [-0.1, -0.05) is 12.1 Å². The molecule has 0 bridgehead atoms. The largest absolute Gasteiger partial charge is 0.493 e. The summed E-state index contributed by atoms with van der Waals surface area (Å²) in [7, 11) is 3.62. The first-order chi connectivity index (χ1) is 15.1. The van der Waals surface area contributed by atoms with Gasteiger partial charge in [-0.2, -0.15) is 0 Å². The molecule has 31 heavy (non-hydrogen) atoms. The Balaban J connectivity index is 1.28. The number of nitrogens with zero attached hydrogens (tertiary/aromatic N) is 2. The Bertz CT molecular complexity index is 1100. The monoisotopic (exact) mass is 424 g/mol. The van der Waals surface area contributed by atoms with E-state index in [0.29, 0.717) is 42.8 Å². The summed E-state index contributed by atoms with van der Waals surface area (Å²) >= 11 is 0. The van der Waals surface area contributed by atoms with Crippen LogP contribution < -0.4 is 23.7 Å². The lowest BCUT2D eigenvalue weighted by Gasteiger charge is -2.29. The second-order valence-corrected chi connectivity index (χ2v) is 7.63. The van der Waals surface area contributed by atoms with Crippen molar-refractivity contribution in [3.63, 3.8) is 0 Å². The predicted molar refractivity (Wildman–Crippen MR) is 112 cm³/mol. The Morgan fingerprint density at radius 3 is 2.77 bits per heavy atom. The normalized spacial score (nSPS) is 16.6. The molecule has 0 amide bonds. The number of methoxy groups -OCH3 is 1. The van der Waals surface area contributed by atoms with Gasteiger partial charge in [0.15, 0.2) is 23.0 Å². The molecule has 0 fully saturated rings. The number of ether oxygens (including phenoxy) is 5. The molecule has 0 aliphatic carbocycles. The van der Waals surface area contributed by atoms with Crippen LogP contribution in [0.2, 0.25) is 0 Å². The number of rotatable bonds is 6. The zero-order chi connectivity index (χ0) is 21.4. The molecule has 2 aliphatic rings. The van der Waals surface area contributed by atoms with E-state index in [9.17, 15) is 0 Å². The van der Waals surface area contributed by atoms with Crippen LogP contribution >= 0.6 is 0 Å². The van der Waals surface area contributed by atoms with E-state index >= 15 is 0 Å². The molecule has 0 saturated heterocycles. The molecular formula is C23H24N2O6. The first-order valence-electron chi connectivity index (χ1n) is 10.1. The quantitative estimate of drug-likeness (QED) is 0.594. The van der Waals surface area contributed by atoms with E-state index < -0.39 is 0 Å². The molecule has 0 spiro atoms. The van der Waals surface area contributed by atoms with E-state index in [1.54, 1.807) is 7.11 Å². The molecule has 2 aliphatic heterocycles. The van der Waals surface area contributed by atoms with Crippen molar-refractivity contribution in [3.8, 4) is 40.2 Å². The third kappa shape index (κ3) is 3.86. The molecule has 1 atom stereocenters. The summed E-state index contributed by atoms with van der Waals surface area (Å²) in [6.45, 7) is 3.93. The van der Waals surface area contributed by atoms with Crippen molar-refractivity contribution < 1.29 is 28.1 Å². The topological polar surface area (TPSA) is 75.4 Å². The fourth-order valence-corrected chi connectivity index (χ4v) is 3.77. The van der Waals surface area contributed by atoms with Gasteiger partial charge in [-0.15, -0.1) is 0 Å². The molecule has 3 heterocycles. The maximum Gasteiger partial charge on any atom is 0.231 e. The lowest BCUT2D eigenvalue weighted by Crippen LogP contribution is -2.39. The Kier molecular flexibility index (Phi) is 5.07. The van der Waals surface area contributed by atoms with Crippen molar-refractivity contribution in [2.45, 2.75) is 19.6 Å². The number of hydrogen-bond donors (Lipinski definition) is 0. The van der Waals surface area contributed by atoms with Crippen LogP contribution in [-0.2, 0) is 6.54 Å². The molecule has 0 unspecified atom stereocenters. The number of para-hydroxylation sites is 2.